The molecule has 0 rings (SSSR count). The first kappa shape index (κ1) is 36.4. The van der Waals surface area contributed by atoms with E-state index in [2.05, 4.69) is 4.76 Å². The Hall–Kier alpha value is -2.57. The van der Waals surface area contributed by atoms with Gasteiger partial charge in [0.25, 0.3) is 0 Å². The van der Waals surface area contributed by atoms with Crippen molar-refractivity contribution in [3.05, 3.63) is 0 Å². The molecule has 0 aliphatic heterocycles. The van der Waals surface area contributed by atoms with Crippen molar-refractivity contribution in [2.75, 3.05) is 59.8 Å². The third-order valence-electron chi connectivity index (χ3n) is 4.75. The molecule has 39 heavy (non-hydrogen) atoms. The maximum absolute atomic E-state index is 13.2. The highest BCUT2D eigenvalue weighted by Gasteiger charge is 2.26. The van der Waals surface area contributed by atoms with Crippen molar-refractivity contribution >= 4 is 32.0 Å². The van der Waals surface area contributed by atoms with Crippen LogP contribution in [-0.4, -0.2) is 89.0 Å². The van der Waals surface area contributed by atoms with Gasteiger partial charge in [-0.2, -0.15) is 0 Å². The van der Waals surface area contributed by atoms with Crippen molar-refractivity contribution in [3.8, 4) is 0 Å². The van der Waals surface area contributed by atoms with E-state index in [1.165, 1.54) is 11.9 Å². The number of esters is 1. The third-order valence-corrected chi connectivity index (χ3v) is 6.22. The van der Waals surface area contributed by atoms with Gasteiger partial charge in [0.05, 0.1) is 46.2 Å². The fourth-order valence-corrected chi connectivity index (χ4v) is 3.98. The van der Waals surface area contributed by atoms with Gasteiger partial charge in [-0.05, 0) is 19.8 Å². The van der Waals surface area contributed by atoms with Gasteiger partial charge in [-0.1, -0.05) is 39.5 Å². The summed E-state index contributed by atoms with van der Waals surface area (Å²) in [5, 5.41) is 0. The third kappa shape index (κ3) is 21.0. The second kappa shape index (κ2) is 23.3. The lowest BCUT2D eigenvalue weighted by Gasteiger charge is -2.20. The van der Waals surface area contributed by atoms with Crippen LogP contribution in [0.1, 0.15) is 72.1 Å². The number of likely N-dealkylation sites (N-methyl/N-ethyl adjacent to an activating group) is 1. The fourth-order valence-electron chi connectivity index (χ4n) is 2.67. The molecule has 0 aliphatic rings. The predicted octanol–water partition coefficient (Wildman–Crippen LogP) is 4.40. The maximum atomic E-state index is 13.2. The number of carbonyl (C=O) groups is 3. The van der Waals surface area contributed by atoms with Crippen LogP contribution in [0, 0.1) is 0 Å². The first-order valence-corrected chi connectivity index (χ1v) is 14.9. The van der Waals surface area contributed by atoms with E-state index in [1.54, 1.807) is 6.92 Å². The van der Waals surface area contributed by atoms with Crippen LogP contribution >= 0.6 is 7.75 Å². The molecule has 14 nitrogen and oxygen atoms in total. The quantitative estimate of drug-likeness (QED) is 0.0474. The van der Waals surface area contributed by atoms with E-state index in [0.29, 0.717) is 0 Å². The minimum absolute atomic E-state index is 0.0389. The smallest absolute Gasteiger partial charge is 0.465 e. The summed E-state index contributed by atoms with van der Waals surface area (Å²) in [5.41, 5.74) is 5.89. The number of carbonyl (C=O) groups excluding carboxylic acids is 3. The highest BCUT2D eigenvalue weighted by Crippen LogP contribution is 2.50. The zero-order chi connectivity index (χ0) is 29.4. The Kier molecular flexibility index (Phi) is 21.8. The molecule has 0 amide bonds. The normalized spacial score (nSPS) is 11.5. The second-order valence-electron chi connectivity index (χ2n) is 8.27. The zero-order valence-electron chi connectivity index (χ0n) is 23.7. The first-order valence-electron chi connectivity index (χ1n) is 13.4. The average Bonchev–Trinajstić information content (AvgIpc) is 2.88. The SMILES string of the molecule is CCCCCOC(=O)OCCCOP(=O)(N=C(N)N(C)CC(=O)OCC)OCCCOC(=O)OCCCCC. The number of nitrogens with two attached hydrogens (primary N) is 1. The number of hydrogen-bond acceptors (Lipinski definition) is 11. The van der Waals surface area contributed by atoms with Crippen LogP contribution < -0.4 is 5.73 Å². The number of nitrogens with zero attached hydrogens (tertiary/aromatic N) is 2. The lowest BCUT2D eigenvalue weighted by molar-refractivity contribution is -0.143. The Morgan fingerprint density at radius 2 is 1.13 bits per heavy atom. The van der Waals surface area contributed by atoms with Gasteiger partial charge in [-0.3, -0.25) is 13.8 Å². The van der Waals surface area contributed by atoms with Gasteiger partial charge in [-0.25, -0.2) is 14.2 Å². The lowest BCUT2D eigenvalue weighted by atomic mass is 10.3. The summed E-state index contributed by atoms with van der Waals surface area (Å²) in [6, 6.07) is 0. The van der Waals surface area contributed by atoms with E-state index in [0.717, 1.165) is 38.5 Å². The molecule has 0 saturated carbocycles. The molecule has 15 heteroatoms. The van der Waals surface area contributed by atoms with Crippen molar-refractivity contribution in [2.24, 2.45) is 10.5 Å². The zero-order valence-corrected chi connectivity index (χ0v) is 24.6. The van der Waals surface area contributed by atoms with Gasteiger partial charge >= 0.3 is 26.0 Å². The van der Waals surface area contributed by atoms with Gasteiger partial charge in [0, 0.05) is 19.9 Å². The lowest BCUT2D eigenvalue weighted by Crippen LogP contribution is -2.38. The summed E-state index contributed by atoms with van der Waals surface area (Å²) in [7, 11) is -2.68. The van der Waals surface area contributed by atoms with Gasteiger partial charge in [-0.15, -0.1) is 4.76 Å². The molecule has 228 valence electrons. The standard InChI is InChI=1S/C24H46N3O11P/c1-5-8-10-14-33-23(29)35-16-12-18-37-39(31,26-22(25)27(4)20-21(28)32-7-3)38-19-13-17-36-24(30)34-15-11-9-6-2/h5-20H2,1-4H3,(H2,25,26,31). The van der Waals surface area contributed by atoms with Crippen molar-refractivity contribution in [3.63, 3.8) is 0 Å². The van der Waals surface area contributed by atoms with Gasteiger partial charge in [0.2, 0.25) is 5.96 Å². The number of ether oxygens (including phenoxy) is 5. The Balaban J connectivity index is 4.76. The summed E-state index contributed by atoms with van der Waals surface area (Å²) < 4.78 is 52.4. The second-order valence-corrected chi connectivity index (χ2v) is 9.92. The molecule has 0 aromatic rings. The van der Waals surface area contributed by atoms with Crippen LogP contribution in [0.25, 0.3) is 0 Å². The number of unbranched alkanes of at least 4 members (excludes halogenated alkanes) is 4. The molecule has 0 heterocycles. The summed E-state index contributed by atoms with van der Waals surface area (Å²) >= 11 is 0. The molecule has 0 aliphatic carbocycles. The van der Waals surface area contributed by atoms with Crippen molar-refractivity contribution < 1.29 is 51.7 Å². The molecular formula is C24H46N3O11P. The van der Waals surface area contributed by atoms with Crippen LogP contribution in [0.4, 0.5) is 9.59 Å². The van der Waals surface area contributed by atoms with E-state index in [9.17, 15) is 18.9 Å². The molecule has 0 saturated heterocycles. The first-order chi connectivity index (χ1) is 18.7. The van der Waals surface area contributed by atoms with Crippen molar-refractivity contribution in [1.29, 1.82) is 0 Å². The predicted molar refractivity (Wildman–Crippen MR) is 143 cm³/mol. The monoisotopic (exact) mass is 583 g/mol. The van der Waals surface area contributed by atoms with Crippen LogP contribution in [0.2, 0.25) is 0 Å². The van der Waals surface area contributed by atoms with Crippen LogP contribution in [0.3, 0.4) is 0 Å². The molecular weight excluding hydrogens is 537 g/mol. The number of hydrogen-bond donors (Lipinski definition) is 1. The van der Waals surface area contributed by atoms with Crippen LogP contribution in [-0.2, 0) is 42.1 Å². The summed E-state index contributed by atoms with van der Waals surface area (Å²) in [5.74, 6) is -0.822. The Bertz CT molecular complexity index is 730. The maximum Gasteiger partial charge on any atom is 0.508 e. The van der Waals surface area contributed by atoms with E-state index < -0.39 is 26.0 Å². The molecule has 0 bridgehead atoms. The summed E-state index contributed by atoms with van der Waals surface area (Å²) in [6.07, 6.45) is 4.18. The number of rotatable bonds is 22. The molecule has 0 radical (unpaired) electrons. The van der Waals surface area contributed by atoms with Gasteiger partial charge in [0.1, 0.15) is 6.54 Å². The number of guanidine groups is 1. The summed E-state index contributed by atoms with van der Waals surface area (Å²) in [4.78, 5) is 36.1. The van der Waals surface area contributed by atoms with E-state index in [-0.39, 0.29) is 71.6 Å². The molecule has 0 aromatic heterocycles. The molecule has 0 aromatic carbocycles. The van der Waals surface area contributed by atoms with E-state index >= 15 is 0 Å². The Morgan fingerprint density at radius 3 is 1.54 bits per heavy atom. The molecule has 0 spiro atoms. The Morgan fingerprint density at radius 1 is 0.692 bits per heavy atom. The molecule has 0 atom stereocenters. The molecule has 0 fully saturated rings. The van der Waals surface area contributed by atoms with Crippen molar-refractivity contribution in [1.82, 2.24) is 4.90 Å². The largest absolute Gasteiger partial charge is 0.508 e. The highest BCUT2D eigenvalue weighted by atomic mass is 31.2. The van der Waals surface area contributed by atoms with Crippen molar-refractivity contribution in [2.45, 2.75) is 72.1 Å². The van der Waals surface area contributed by atoms with Gasteiger partial charge in [0.15, 0.2) is 0 Å². The highest BCUT2D eigenvalue weighted by molar-refractivity contribution is 7.52. The van der Waals surface area contributed by atoms with E-state index in [1.807, 2.05) is 13.8 Å². The summed E-state index contributed by atoms with van der Waals surface area (Å²) in [6.45, 7) is 5.90. The Labute approximate surface area is 231 Å². The van der Waals surface area contributed by atoms with E-state index in [4.69, 9.17) is 38.5 Å². The van der Waals surface area contributed by atoms with Gasteiger partial charge < -0.3 is 34.3 Å². The topological polar surface area (TPSA) is 175 Å². The minimum Gasteiger partial charge on any atom is -0.465 e. The minimum atomic E-state index is -4.14. The molecule has 2 N–H and O–H groups in total. The van der Waals surface area contributed by atoms with Crippen LogP contribution in [0.5, 0.6) is 0 Å². The molecule has 0 unspecified atom stereocenters. The van der Waals surface area contributed by atoms with Crippen LogP contribution in [0.15, 0.2) is 4.76 Å². The average molecular weight is 584 g/mol. The fraction of sp³-hybridized carbons (Fsp3) is 0.833.